The van der Waals surface area contributed by atoms with Crippen LogP contribution in [-0.2, 0) is 11.3 Å². The van der Waals surface area contributed by atoms with E-state index in [0.29, 0.717) is 17.3 Å². The predicted octanol–water partition coefficient (Wildman–Crippen LogP) is 2.50. The number of hydrogen-bond acceptors (Lipinski definition) is 5. The fourth-order valence-corrected chi connectivity index (χ4v) is 3.98. The molecule has 8 nitrogen and oxygen atoms in total. The third-order valence-corrected chi connectivity index (χ3v) is 5.53. The van der Waals surface area contributed by atoms with Gasteiger partial charge in [-0.15, -0.1) is 0 Å². The first-order valence-electron chi connectivity index (χ1n) is 10.2. The third kappa shape index (κ3) is 4.15. The van der Waals surface area contributed by atoms with Crippen molar-refractivity contribution >= 4 is 29.1 Å². The molecule has 30 heavy (non-hydrogen) atoms. The van der Waals surface area contributed by atoms with E-state index in [1.807, 2.05) is 47.3 Å². The maximum Gasteiger partial charge on any atom is 0.285 e. The molecule has 2 N–H and O–H groups in total. The number of nitrogens with zero attached hydrogens (tertiary/aromatic N) is 4. The number of amides is 2. The Morgan fingerprint density at radius 3 is 2.60 bits per heavy atom. The molecule has 9 heteroatoms. The SMILES string of the molecule is CC(C)(C)NNC(=O)c1ncn2c1CN(CC(=O)N1CCCC1)c1cc(Cl)ccc1-2. The number of hydrogen-bond donors (Lipinski definition) is 2. The fraction of sp³-hybridized carbons (Fsp3) is 0.476. The highest BCUT2D eigenvalue weighted by Crippen LogP contribution is 2.35. The van der Waals surface area contributed by atoms with Crippen molar-refractivity contribution in [2.45, 2.75) is 45.7 Å². The summed E-state index contributed by atoms with van der Waals surface area (Å²) < 4.78 is 1.90. The van der Waals surface area contributed by atoms with Gasteiger partial charge in [0.2, 0.25) is 5.91 Å². The molecule has 0 unspecified atom stereocenters. The van der Waals surface area contributed by atoms with E-state index in [9.17, 15) is 9.59 Å². The number of likely N-dealkylation sites (tertiary alicyclic amines) is 1. The third-order valence-electron chi connectivity index (χ3n) is 5.30. The van der Waals surface area contributed by atoms with Crippen molar-refractivity contribution in [3.63, 3.8) is 0 Å². The number of aromatic nitrogens is 2. The van der Waals surface area contributed by atoms with E-state index >= 15 is 0 Å². The molecular weight excluding hydrogens is 404 g/mol. The number of nitrogens with one attached hydrogen (secondary N) is 2. The summed E-state index contributed by atoms with van der Waals surface area (Å²) in [7, 11) is 0. The number of rotatable bonds is 4. The summed E-state index contributed by atoms with van der Waals surface area (Å²) >= 11 is 6.25. The lowest BCUT2D eigenvalue weighted by Crippen LogP contribution is -2.49. The number of halogens is 1. The van der Waals surface area contributed by atoms with E-state index in [2.05, 4.69) is 15.8 Å². The molecule has 2 aliphatic rings. The Bertz CT molecular complexity index is 974. The van der Waals surface area contributed by atoms with Crippen LogP contribution in [0.5, 0.6) is 0 Å². The molecule has 160 valence electrons. The lowest BCUT2D eigenvalue weighted by atomic mass is 10.1. The molecule has 0 bridgehead atoms. The first-order valence-corrected chi connectivity index (χ1v) is 10.6. The normalized spacial score (nSPS) is 15.7. The van der Waals surface area contributed by atoms with Crippen LogP contribution >= 0.6 is 11.6 Å². The van der Waals surface area contributed by atoms with Gasteiger partial charge in [-0.2, -0.15) is 0 Å². The molecule has 1 saturated heterocycles. The lowest BCUT2D eigenvalue weighted by molar-refractivity contribution is -0.128. The van der Waals surface area contributed by atoms with E-state index in [1.54, 1.807) is 12.4 Å². The Labute approximate surface area is 181 Å². The zero-order chi connectivity index (χ0) is 21.5. The van der Waals surface area contributed by atoms with Gasteiger partial charge in [-0.05, 0) is 51.8 Å². The molecule has 4 rings (SSSR count). The second-order valence-electron chi connectivity index (χ2n) is 8.82. The molecular formula is C21H27ClN6O2. The number of hydrazine groups is 1. The van der Waals surface area contributed by atoms with Crippen LogP contribution in [0.4, 0.5) is 5.69 Å². The van der Waals surface area contributed by atoms with Gasteiger partial charge in [0, 0.05) is 23.7 Å². The summed E-state index contributed by atoms with van der Waals surface area (Å²) in [5, 5.41) is 0.600. The minimum Gasteiger partial charge on any atom is -0.355 e. The van der Waals surface area contributed by atoms with E-state index in [4.69, 9.17) is 11.6 Å². The second kappa shape index (κ2) is 7.92. The number of anilines is 1. The van der Waals surface area contributed by atoms with Gasteiger partial charge in [-0.1, -0.05) is 11.6 Å². The summed E-state index contributed by atoms with van der Waals surface area (Å²) in [4.78, 5) is 33.8. The summed E-state index contributed by atoms with van der Waals surface area (Å²) in [5.41, 5.74) is 8.24. The van der Waals surface area contributed by atoms with Crippen molar-refractivity contribution in [2.75, 3.05) is 24.5 Å². The van der Waals surface area contributed by atoms with Gasteiger partial charge < -0.3 is 9.80 Å². The smallest absolute Gasteiger partial charge is 0.285 e. The molecule has 2 amide bonds. The van der Waals surface area contributed by atoms with Crippen LogP contribution in [0.2, 0.25) is 5.02 Å². The van der Waals surface area contributed by atoms with E-state index in [1.165, 1.54) is 0 Å². The van der Waals surface area contributed by atoms with Gasteiger partial charge in [0.15, 0.2) is 5.69 Å². The zero-order valence-corrected chi connectivity index (χ0v) is 18.3. The average Bonchev–Trinajstić information content (AvgIpc) is 3.35. The van der Waals surface area contributed by atoms with Gasteiger partial charge in [0.1, 0.15) is 6.33 Å². The van der Waals surface area contributed by atoms with Crippen LogP contribution in [0.25, 0.3) is 5.69 Å². The Hall–Kier alpha value is -2.58. The van der Waals surface area contributed by atoms with Gasteiger partial charge in [-0.3, -0.25) is 19.6 Å². The largest absolute Gasteiger partial charge is 0.355 e. The highest BCUT2D eigenvalue weighted by molar-refractivity contribution is 6.31. The minimum atomic E-state index is -0.304. The lowest BCUT2D eigenvalue weighted by Gasteiger charge is -2.33. The van der Waals surface area contributed by atoms with Crippen molar-refractivity contribution in [3.05, 3.63) is 40.9 Å². The Morgan fingerprint density at radius 2 is 1.90 bits per heavy atom. The molecule has 2 aromatic rings. The quantitative estimate of drug-likeness (QED) is 0.728. The summed E-state index contributed by atoms with van der Waals surface area (Å²) in [6.45, 7) is 8.12. The maximum absolute atomic E-state index is 12.8. The summed E-state index contributed by atoms with van der Waals surface area (Å²) in [5.74, 6) is -0.214. The molecule has 0 spiro atoms. The molecule has 2 aliphatic heterocycles. The predicted molar refractivity (Wildman–Crippen MR) is 116 cm³/mol. The molecule has 3 heterocycles. The van der Waals surface area contributed by atoms with E-state index < -0.39 is 0 Å². The van der Waals surface area contributed by atoms with Gasteiger partial charge in [0.05, 0.1) is 30.2 Å². The maximum atomic E-state index is 12.8. The Morgan fingerprint density at radius 1 is 1.17 bits per heavy atom. The number of imidazole rings is 1. The molecule has 1 fully saturated rings. The van der Waals surface area contributed by atoms with Crippen LogP contribution in [-0.4, -0.2) is 51.4 Å². The number of carbonyl (C=O) groups is 2. The van der Waals surface area contributed by atoms with Crippen LogP contribution in [0, 0.1) is 0 Å². The highest BCUT2D eigenvalue weighted by Gasteiger charge is 2.30. The van der Waals surface area contributed by atoms with Crippen molar-refractivity contribution in [2.24, 2.45) is 0 Å². The number of carbonyl (C=O) groups excluding carboxylic acids is 2. The molecule has 0 saturated carbocycles. The molecule has 0 aliphatic carbocycles. The Kier molecular flexibility index (Phi) is 5.46. The highest BCUT2D eigenvalue weighted by atomic mass is 35.5. The molecule has 0 radical (unpaired) electrons. The van der Waals surface area contributed by atoms with Crippen LogP contribution in [0.1, 0.15) is 49.8 Å². The van der Waals surface area contributed by atoms with Crippen LogP contribution < -0.4 is 15.8 Å². The van der Waals surface area contributed by atoms with Crippen LogP contribution in [0.15, 0.2) is 24.5 Å². The van der Waals surface area contributed by atoms with Gasteiger partial charge in [0.25, 0.3) is 5.91 Å². The van der Waals surface area contributed by atoms with Crippen molar-refractivity contribution in [3.8, 4) is 5.69 Å². The standard InChI is InChI=1S/C21H27ClN6O2/c1-21(2,3)25-24-20(30)19-17-11-27(12-18(29)26-8-4-5-9-26)16-10-14(22)6-7-15(16)28(17)13-23-19/h6-7,10,13,25H,4-5,8-9,11-12H2,1-3H3,(H,24,30). The summed E-state index contributed by atoms with van der Waals surface area (Å²) in [6.07, 6.45) is 3.74. The van der Waals surface area contributed by atoms with Crippen molar-refractivity contribution in [1.29, 1.82) is 0 Å². The summed E-state index contributed by atoms with van der Waals surface area (Å²) in [6, 6.07) is 5.55. The number of benzene rings is 1. The monoisotopic (exact) mass is 430 g/mol. The van der Waals surface area contributed by atoms with Crippen LogP contribution in [0.3, 0.4) is 0 Å². The van der Waals surface area contributed by atoms with E-state index in [0.717, 1.165) is 43.0 Å². The van der Waals surface area contributed by atoms with Crippen molar-refractivity contribution in [1.82, 2.24) is 25.3 Å². The van der Waals surface area contributed by atoms with E-state index in [-0.39, 0.29) is 23.9 Å². The fourth-order valence-electron chi connectivity index (χ4n) is 3.82. The first kappa shape index (κ1) is 20.7. The molecule has 1 aromatic carbocycles. The zero-order valence-electron chi connectivity index (χ0n) is 17.5. The first-order chi connectivity index (χ1) is 14.2. The average molecular weight is 431 g/mol. The topological polar surface area (TPSA) is 82.5 Å². The number of fused-ring (bicyclic) bond motifs is 3. The minimum absolute atomic E-state index is 0.0896. The second-order valence-corrected chi connectivity index (χ2v) is 9.25. The van der Waals surface area contributed by atoms with Crippen molar-refractivity contribution < 1.29 is 9.59 Å². The Balaban J connectivity index is 1.64. The van der Waals surface area contributed by atoms with Gasteiger partial charge >= 0.3 is 0 Å². The molecule has 1 aromatic heterocycles. The molecule has 0 atom stereocenters. The van der Waals surface area contributed by atoms with Gasteiger partial charge in [-0.25, -0.2) is 10.4 Å².